The first-order valence-electron chi connectivity index (χ1n) is 5.51. The molecule has 1 N–H and O–H groups in total. The van der Waals surface area contributed by atoms with Crippen molar-refractivity contribution in [2.75, 3.05) is 0 Å². The number of hydrogen-bond acceptors (Lipinski definition) is 3. The lowest BCUT2D eigenvalue weighted by Crippen LogP contribution is -2.17. The lowest BCUT2D eigenvalue weighted by atomic mass is 9.98. The summed E-state index contributed by atoms with van der Waals surface area (Å²) in [5, 5.41) is 9.57. The molecule has 98 valence electrons. The quantitative estimate of drug-likeness (QED) is 0.935. The van der Waals surface area contributed by atoms with E-state index < -0.39 is 11.9 Å². The van der Waals surface area contributed by atoms with Crippen molar-refractivity contribution in [3.05, 3.63) is 58.9 Å². The van der Waals surface area contributed by atoms with Gasteiger partial charge in [0.1, 0.15) is 17.6 Å². The Morgan fingerprint density at radius 3 is 2.37 bits per heavy atom. The third-order valence-corrected chi connectivity index (χ3v) is 2.80. The molecular formula is C13H10ClFN2O2. The second kappa shape index (κ2) is 5.75. The van der Waals surface area contributed by atoms with Crippen LogP contribution in [0.15, 0.2) is 36.7 Å². The van der Waals surface area contributed by atoms with E-state index in [1.807, 2.05) is 0 Å². The number of nitrogens with zero attached hydrogens (tertiary/aromatic N) is 2. The molecule has 1 heterocycles. The fourth-order valence-corrected chi connectivity index (χ4v) is 1.75. The SMILES string of the molecule is O=C(O)C(Cc1ccc(F)cc1)c1ncc(Cl)cn1. The number of carbonyl (C=O) groups is 1. The predicted octanol–water partition coefficient (Wildman–Crippen LogP) is 2.68. The van der Waals surface area contributed by atoms with Gasteiger partial charge in [0.2, 0.25) is 0 Å². The number of rotatable bonds is 4. The summed E-state index contributed by atoms with van der Waals surface area (Å²) in [6, 6.07) is 5.66. The molecule has 0 aliphatic carbocycles. The minimum absolute atomic E-state index is 0.182. The summed E-state index contributed by atoms with van der Waals surface area (Å²) in [5.74, 6) is -2.10. The summed E-state index contributed by atoms with van der Waals surface area (Å²) >= 11 is 5.66. The Hall–Kier alpha value is -2.01. The van der Waals surface area contributed by atoms with Crippen molar-refractivity contribution in [2.45, 2.75) is 12.3 Å². The van der Waals surface area contributed by atoms with Crippen LogP contribution in [-0.2, 0) is 11.2 Å². The van der Waals surface area contributed by atoms with Crippen LogP contribution in [0.4, 0.5) is 4.39 Å². The molecule has 0 saturated carbocycles. The van der Waals surface area contributed by atoms with E-state index in [2.05, 4.69) is 9.97 Å². The molecule has 0 aliphatic heterocycles. The van der Waals surface area contributed by atoms with E-state index in [0.717, 1.165) is 0 Å². The summed E-state index contributed by atoms with van der Waals surface area (Å²) in [4.78, 5) is 19.1. The summed E-state index contributed by atoms with van der Waals surface area (Å²) in [6.45, 7) is 0. The molecule has 0 saturated heterocycles. The normalized spacial score (nSPS) is 12.1. The van der Waals surface area contributed by atoms with Gasteiger partial charge in [-0.2, -0.15) is 0 Å². The fraction of sp³-hybridized carbons (Fsp3) is 0.154. The number of benzene rings is 1. The number of carboxylic acid groups (broad SMARTS) is 1. The first kappa shape index (κ1) is 13.4. The summed E-state index contributed by atoms with van der Waals surface area (Å²) < 4.78 is 12.8. The maximum atomic E-state index is 12.8. The average molecular weight is 281 g/mol. The number of aromatic nitrogens is 2. The van der Waals surface area contributed by atoms with Crippen LogP contribution in [0.5, 0.6) is 0 Å². The molecule has 0 aliphatic rings. The Morgan fingerprint density at radius 1 is 1.26 bits per heavy atom. The van der Waals surface area contributed by atoms with Crippen molar-refractivity contribution in [2.24, 2.45) is 0 Å². The highest BCUT2D eigenvalue weighted by Crippen LogP contribution is 2.19. The summed E-state index contributed by atoms with van der Waals surface area (Å²) in [6.07, 6.45) is 2.90. The molecule has 0 amide bonds. The Kier molecular flexibility index (Phi) is 4.06. The summed E-state index contributed by atoms with van der Waals surface area (Å²) in [5.41, 5.74) is 0.701. The smallest absolute Gasteiger partial charge is 0.314 e. The monoisotopic (exact) mass is 280 g/mol. The van der Waals surface area contributed by atoms with E-state index >= 15 is 0 Å². The zero-order chi connectivity index (χ0) is 13.8. The van der Waals surface area contributed by atoms with E-state index in [0.29, 0.717) is 10.6 Å². The molecule has 0 spiro atoms. The van der Waals surface area contributed by atoms with Crippen molar-refractivity contribution in [1.82, 2.24) is 9.97 Å². The van der Waals surface area contributed by atoms with Crippen LogP contribution in [0.2, 0.25) is 5.02 Å². The maximum Gasteiger partial charge on any atom is 0.314 e. The van der Waals surface area contributed by atoms with Crippen molar-refractivity contribution >= 4 is 17.6 Å². The highest BCUT2D eigenvalue weighted by Gasteiger charge is 2.23. The van der Waals surface area contributed by atoms with Gasteiger partial charge in [-0.05, 0) is 24.1 Å². The van der Waals surface area contributed by atoms with Crippen molar-refractivity contribution in [1.29, 1.82) is 0 Å². The molecule has 1 aromatic carbocycles. The highest BCUT2D eigenvalue weighted by atomic mass is 35.5. The third kappa shape index (κ3) is 3.48. The standard InChI is InChI=1S/C13H10ClFN2O2/c14-9-6-16-12(17-7-9)11(13(18)19)5-8-1-3-10(15)4-2-8/h1-4,6-7,11H,5H2,(H,18,19). The molecule has 1 aromatic heterocycles. The molecule has 2 aromatic rings. The van der Waals surface area contributed by atoms with Crippen LogP contribution in [-0.4, -0.2) is 21.0 Å². The van der Waals surface area contributed by atoms with Crippen LogP contribution in [0, 0.1) is 5.82 Å². The Morgan fingerprint density at radius 2 is 1.84 bits per heavy atom. The molecule has 1 atom stereocenters. The lowest BCUT2D eigenvalue weighted by Gasteiger charge is -2.10. The molecule has 1 unspecified atom stereocenters. The van der Waals surface area contributed by atoms with Gasteiger partial charge in [0, 0.05) is 12.4 Å². The van der Waals surface area contributed by atoms with Crippen LogP contribution in [0.3, 0.4) is 0 Å². The fourth-order valence-electron chi connectivity index (χ4n) is 1.65. The van der Waals surface area contributed by atoms with E-state index in [1.54, 1.807) is 12.1 Å². The molecule has 6 heteroatoms. The average Bonchev–Trinajstić information content (AvgIpc) is 2.39. The minimum Gasteiger partial charge on any atom is -0.481 e. The molecular weight excluding hydrogens is 271 g/mol. The third-order valence-electron chi connectivity index (χ3n) is 2.60. The Balaban J connectivity index is 2.23. The van der Waals surface area contributed by atoms with Gasteiger partial charge < -0.3 is 5.11 Å². The van der Waals surface area contributed by atoms with Crippen LogP contribution in [0.1, 0.15) is 17.3 Å². The van der Waals surface area contributed by atoms with Gasteiger partial charge in [-0.3, -0.25) is 4.79 Å². The van der Waals surface area contributed by atoms with E-state index in [1.165, 1.54) is 24.5 Å². The van der Waals surface area contributed by atoms with Gasteiger partial charge in [-0.25, -0.2) is 14.4 Å². The lowest BCUT2D eigenvalue weighted by molar-refractivity contribution is -0.139. The molecule has 19 heavy (non-hydrogen) atoms. The van der Waals surface area contributed by atoms with Crippen molar-refractivity contribution < 1.29 is 14.3 Å². The number of carboxylic acids is 1. The number of aliphatic carboxylic acids is 1. The van der Waals surface area contributed by atoms with Gasteiger partial charge in [0.05, 0.1) is 5.02 Å². The highest BCUT2D eigenvalue weighted by molar-refractivity contribution is 6.30. The number of hydrogen-bond donors (Lipinski definition) is 1. The maximum absolute atomic E-state index is 12.8. The zero-order valence-corrected chi connectivity index (χ0v) is 10.5. The van der Waals surface area contributed by atoms with Gasteiger partial charge in [0.15, 0.2) is 0 Å². The van der Waals surface area contributed by atoms with E-state index in [-0.39, 0.29) is 18.1 Å². The predicted molar refractivity (Wildman–Crippen MR) is 67.5 cm³/mol. The number of halogens is 2. The van der Waals surface area contributed by atoms with Crippen LogP contribution in [0.25, 0.3) is 0 Å². The molecule has 0 radical (unpaired) electrons. The van der Waals surface area contributed by atoms with Gasteiger partial charge in [-0.15, -0.1) is 0 Å². The first-order chi connectivity index (χ1) is 9.06. The van der Waals surface area contributed by atoms with Gasteiger partial charge in [-0.1, -0.05) is 23.7 Å². The second-order valence-corrected chi connectivity index (χ2v) is 4.42. The van der Waals surface area contributed by atoms with E-state index in [4.69, 9.17) is 11.6 Å². The molecule has 0 fully saturated rings. The Bertz CT molecular complexity index is 572. The minimum atomic E-state index is -1.04. The molecule has 2 rings (SSSR count). The topological polar surface area (TPSA) is 63.1 Å². The summed E-state index contributed by atoms with van der Waals surface area (Å²) in [7, 11) is 0. The first-order valence-corrected chi connectivity index (χ1v) is 5.89. The largest absolute Gasteiger partial charge is 0.481 e. The second-order valence-electron chi connectivity index (χ2n) is 3.98. The van der Waals surface area contributed by atoms with Crippen molar-refractivity contribution in [3.63, 3.8) is 0 Å². The zero-order valence-electron chi connectivity index (χ0n) is 9.75. The van der Waals surface area contributed by atoms with Crippen LogP contribution < -0.4 is 0 Å². The molecule has 4 nitrogen and oxygen atoms in total. The van der Waals surface area contributed by atoms with E-state index in [9.17, 15) is 14.3 Å². The van der Waals surface area contributed by atoms with Crippen molar-refractivity contribution in [3.8, 4) is 0 Å². The molecule has 0 bridgehead atoms. The Labute approximate surface area is 113 Å². The van der Waals surface area contributed by atoms with Gasteiger partial charge in [0.25, 0.3) is 0 Å². The van der Waals surface area contributed by atoms with Gasteiger partial charge >= 0.3 is 5.97 Å². The van der Waals surface area contributed by atoms with Crippen LogP contribution >= 0.6 is 11.6 Å².